The molecular formula is C26H24N2O6. The summed E-state index contributed by atoms with van der Waals surface area (Å²) in [7, 11) is 1.29. The molecule has 0 atom stereocenters. The summed E-state index contributed by atoms with van der Waals surface area (Å²) in [6.45, 7) is 3.72. The number of carbonyl (C=O) groups is 3. The van der Waals surface area contributed by atoms with Crippen LogP contribution in [0.25, 0.3) is 0 Å². The third kappa shape index (κ3) is 4.76. The second-order valence-corrected chi connectivity index (χ2v) is 7.98. The standard InChI is InChI=1S/C26H24N2O6/c1-15-7-9-17(10-8-15)24(29)28-27-20-5-4-6-21-22(20)16(2)23(34-21)26(31)33-19-13-11-18(12-14-19)25(30)32-3/h7-14H,4-6H2,1-3H3,(H,28,29)/b27-20+. The molecule has 1 heterocycles. The Labute approximate surface area is 196 Å². The fraction of sp³-hybridized carbons (Fsp3) is 0.231. The number of fused-ring (bicyclic) bond motifs is 1. The maximum Gasteiger partial charge on any atom is 0.379 e. The van der Waals surface area contributed by atoms with Crippen LogP contribution in [-0.2, 0) is 11.2 Å². The first-order valence-electron chi connectivity index (χ1n) is 10.8. The number of benzene rings is 2. The van der Waals surface area contributed by atoms with Crippen LogP contribution < -0.4 is 10.2 Å². The number of nitrogens with one attached hydrogen (secondary N) is 1. The van der Waals surface area contributed by atoms with Gasteiger partial charge in [0.2, 0.25) is 5.76 Å². The molecule has 0 bridgehead atoms. The van der Waals surface area contributed by atoms with Crippen LogP contribution in [0.4, 0.5) is 0 Å². The van der Waals surface area contributed by atoms with Gasteiger partial charge in [0, 0.05) is 23.1 Å². The van der Waals surface area contributed by atoms with Crippen molar-refractivity contribution in [1.29, 1.82) is 0 Å². The Morgan fingerprint density at radius 2 is 1.59 bits per heavy atom. The molecule has 0 fully saturated rings. The quantitative estimate of drug-likeness (QED) is 0.344. The first kappa shape index (κ1) is 23.0. The highest BCUT2D eigenvalue weighted by Gasteiger charge is 2.29. The lowest BCUT2D eigenvalue weighted by Crippen LogP contribution is -2.22. The van der Waals surface area contributed by atoms with Gasteiger partial charge in [0.1, 0.15) is 11.5 Å². The molecule has 8 heteroatoms. The van der Waals surface area contributed by atoms with Gasteiger partial charge in [-0.2, -0.15) is 5.10 Å². The van der Waals surface area contributed by atoms with Crippen LogP contribution in [0.15, 0.2) is 58.0 Å². The highest BCUT2D eigenvalue weighted by atomic mass is 16.5. The van der Waals surface area contributed by atoms with E-state index in [9.17, 15) is 14.4 Å². The number of rotatable bonds is 5. The van der Waals surface area contributed by atoms with Crippen molar-refractivity contribution < 1.29 is 28.3 Å². The SMILES string of the molecule is COC(=O)c1ccc(OC(=O)c2oc3c(c2C)/C(=N/NC(=O)c2ccc(C)cc2)CCC3)cc1. The van der Waals surface area contributed by atoms with Gasteiger partial charge >= 0.3 is 11.9 Å². The molecule has 0 unspecified atom stereocenters. The smallest absolute Gasteiger partial charge is 0.379 e. The molecule has 1 aliphatic carbocycles. The van der Waals surface area contributed by atoms with E-state index in [4.69, 9.17) is 9.15 Å². The average Bonchev–Trinajstić information content (AvgIpc) is 3.20. The summed E-state index contributed by atoms with van der Waals surface area (Å²) >= 11 is 0. The zero-order valence-corrected chi connectivity index (χ0v) is 19.1. The number of furan rings is 1. The summed E-state index contributed by atoms with van der Waals surface area (Å²) < 4.78 is 15.9. The van der Waals surface area contributed by atoms with Gasteiger partial charge in [-0.3, -0.25) is 4.79 Å². The zero-order valence-electron chi connectivity index (χ0n) is 19.1. The van der Waals surface area contributed by atoms with E-state index >= 15 is 0 Å². The first-order valence-corrected chi connectivity index (χ1v) is 10.8. The van der Waals surface area contributed by atoms with E-state index in [2.05, 4.69) is 15.3 Å². The van der Waals surface area contributed by atoms with Crippen molar-refractivity contribution in [3.8, 4) is 5.75 Å². The molecule has 8 nitrogen and oxygen atoms in total. The lowest BCUT2D eigenvalue weighted by molar-refractivity contribution is 0.0600. The number of hydrazone groups is 1. The number of esters is 2. The largest absolute Gasteiger partial charge is 0.465 e. The molecule has 0 saturated heterocycles. The Morgan fingerprint density at radius 1 is 0.912 bits per heavy atom. The molecule has 0 spiro atoms. The van der Waals surface area contributed by atoms with Crippen molar-refractivity contribution in [2.24, 2.45) is 5.10 Å². The minimum absolute atomic E-state index is 0.0847. The van der Waals surface area contributed by atoms with Crippen molar-refractivity contribution in [2.75, 3.05) is 7.11 Å². The van der Waals surface area contributed by atoms with E-state index in [0.29, 0.717) is 41.0 Å². The van der Waals surface area contributed by atoms with Crippen molar-refractivity contribution >= 4 is 23.6 Å². The Balaban J connectivity index is 1.52. The van der Waals surface area contributed by atoms with E-state index in [1.807, 2.05) is 19.1 Å². The third-order valence-electron chi connectivity index (χ3n) is 5.60. The Kier molecular flexibility index (Phi) is 6.58. The van der Waals surface area contributed by atoms with Gasteiger partial charge in [-0.25, -0.2) is 15.0 Å². The molecule has 0 radical (unpaired) electrons. The van der Waals surface area contributed by atoms with Gasteiger partial charge < -0.3 is 13.9 Å². The van der Waals surface area contributed by atoms with Crippen LogP contribution in [0.3, 0.4) is 0 Å². The van der Waals surface area contributed by atoms with Gasteiger partial charge in [-0.05, 0) is 63.1 Å². The second kappa shape index (κ2) is 9.74. The predicted octanol–water partition coefficient (Wildman–Crippen LogP) is 4.37. The highest BCUT2D eigenvalue weighted by molar-refractivity contribution is 6.06. The predicted molar refractivity (Wildman–Crippen MR) is 124 cm³/mol. The summed E-state index contributed by atoms with van der Waals surface area (Å²) in [6.07, 6.45) is 2.08. The molecule has 1 aliphatic rings. The molecule has 3 aromatic rings. The van der Waals surface area contributed by atoms with Crippen LogP contribution in [0.1, 0.15) is 66.6 Å². The highest BCUT2D eigenvalue weighted by Crippen LogP contribution is 2.30. The fourth-order valence-electron chi connectivity index (χ4n) is 3.79. The van der Waals surface area contributed by atoms with Crippen molar-refractivity contribution in [3.63, 3.8) is 0 Å². The minimum atomic E-state index is -0.652. The van der Waals surface area contributed by atoms with Gasteiger partial charge in [0.25, 0.3) is 5.91 Å². The van der Waals surface area contributed by atoms with Gasteiger partial charge in [0.05, 0.1) is 18.4 Å². The lowest BCUT2D eigenvalue weighted by atomic mass is 9.93. The molecule has 0 saturated carbocycles. The fourth-order valence-corrected chi connectivity index (χ4v) is 3.79. The van der Waals surface area contributed by atoms with Crippen molar-refractivity contribution in [2.45, 2.75) is 33.1 Å². The number of amides is 1. The molecule has 2 aromatic carbocycles. The van der Waals surface area contributed by atoms with E-state index < -0.39 is 11.9 Å². The minimum Gasteiger partial charge on any atom is -0.465 e. The maximum atomic E-state index is 12.8. The Bertz CT molecular complexity index is 1270. The average molecular weight is 460 g/mol. The number of hydrogen-bond donors (Lipinski definition) is 1. The number of ether oxygens (including phenoxy) is 2. The topological polar surface area (TPSA) is 107 Å². The van der Waals surface area contributed by atoms with Crippen LogP contribution in [0.5, 0.6) is 5.75 Å². The lowest BCUT2D eigenvalue weighted by Gasteiger charge is -2.13. The summed E-state index contributed by atoms with van der Waals surface area (Å²) in [6, 6.07) is 13.2. The van der Waals surface area contributed by atoms with E-state index in [1.54, 1.807) is 19.1 Å². The normalized spacial score (nSPS) is 13.8. The van der Waals surface area contributed by atoms with Gasteiger partial charge in [-0.15, -0.1) is 0 Å². The Morgan fingerprint density at radius 3 is 2.26 bits per heavy atom. The van der Waals surface area contributed by atoms with E-state index in [0.717, 1.165) is 17.5 Å². The first-order chi connectivity index (χ1) is 16.4. The van der Waals surface area contributed by atoms with Gasteiger partial charge in [-0.1, -0.05) is 17.7 Å². The second-order valence-electron chi connectivity index (χ2n) is 7.98. The number of methoxy groups -OCH3 is 1. The number of hydrogen-bond acceptors (Lipinski definition) is 7. The van der Waals surface area contributed by atoms with Crippen LogP contribution >= 0.6 is 0 Å². The molecule has 1 aromatic heterocycles. The third-order valence-corrected chi connectivity index (χ3v) is 5.60. The summed E-state index contributed by atoms with van der Waals surface area (Å²) in [4.78, 5) is 36.8. The van der Waals surface area contributed by atoms with E-state index in [-0.39, 0.29) is 17.4 Å². The molecule has 34 heavy (non-hydrogen) atoms. The Hall–Kier alpha value is -4.20. The number of aryl methyl sites for hydroxylation is 2. The summed E-state index contributed by atoms with van der Waals surface area (Å²) in [5.74, 6) is -0.447. The van der Waals surface area contributed by atoms with Gasteiger partial charge in [0.15, 0.2) is 0 Å². The molecule has 1 amide bonds. The summed E-state index contributed by atoms with van der Waals surface area (Å²) in [5.41, 5.74) is 6.52. The number of nitrogens with zero attached hydrogens (tertiary/aromatic N) is 1. The molecule has 0 aliphatic heterocycles. The van der Waals surface area contributed by atoms with Crippen LogP contribution in [0.2, 0.25) is 0 Å². The molecular weight excluding hydrogens is 436 g/mol. The molecule has 174 valence electrons. The van der Waals surface area contributed by atoms with Crippen LogP contribution in [0, 0.1) is 13.8 Å². The molecule has 4 rings (SSSR count). The number of carbonyl (C=O) groups excluding carboxylic acids is 3. The maximum absolute atomic E-state index is 12.8. The molecule has 1 N–H and O–H groups in total. The zero-order chi connectivity index (χ0) is 24.2. The van der Waals surface area contributed by atoms with E-state index in [1.165, 1.54) is 31.4 Å². The van der Waals surface area contributed by atoms with Crippen molar-refractivity contribution in [1.82, 2.24) is 5.43 Å². The van der Waals surface area contributed by atoms with Crippen LogP contribution in [-0.4, -0.2) is 30.7 Å². The van der Waals surface area contributed by atoms with Crippen molar-refractivity contribution in [3.05, 3.63) is 87.9 Å². The monoisotopic (exact) mass is 460 g/mol. The summed E-state index contributed by atoms with van der Waals surface area (Å²) in [5, 5.41) is 4.34.